The number of aliphatic carboxylic acids is 1. The van der Waals surface area contributed by atoms with Crippen molar-refractivity contribution in [2.75, 3.05) is 12.4 Å². The van der Waals surface area contributed by atoms with Crippen LogP contribution in [0.4, 0.5) is 5.69 Å². The molecule has 0 aromatic heterocycles. The summed E-state index contributed by atoms with van der Waals surface area (Å²) in [6.07, 6.45) is 2.19. The Bertz CT molecular complexity index is 560. The maximum atomic E-state index is 12.2. The van der Waals surface area contributed by atoms with Crippen LogP contribution in [-0.4, -0.2) is 24.1 Å². The molecular weight excluding hydrogens is 329 g/mol. The second-order valence-corrected chi connectivity index (χ2v) is 6.16. The fourth-order valence-electron chi connectivity index (χ4n) is 2.67. The number of nitrogens with one attached hydrogen (secondary N) is 1. The van der Waals surface area contributed by atoms with Crippen LogP contribution in [0.1, 0.15) is 25.7 Å². The van der Waals surface area contributed by atoms with Gasteiger partial charge in [0.15, 0.2) is 5.75 Å². The van der Waals surface area contributed by atoms with Gasteiger partial charge < -0.3 is 15.2 Å². The molecule has 1 aliphatic carbocycles. The molecule has 1 aromatic rings. The minimum absolute atomic E-state index is 0.138. The van der Waals surface area contributed by atoms with Gasteiger partial charge in [0.2, 0.25) is 5.91 Å². The molecule has 0 aliphatic heterocycles. The van der Waals surface area contributed by atoms with E-state index in [9.17, 15) is 9.59 Å². The number of carbonyl (C=O) groups is 2. The number of halogens is 2. The lowest BCUT2D eigenvalue weighted by atomic mass is 9.81. The molecule has 1 fully saturated rings. The van der Waals surface area contributed by atoms with Crippen molar-refractivity contribution in [3.05, 3.63) is 22.2 Å². The summed E-state index contributed by atoms with van der Waals surface area (Å²) in [5.41, 5.74) is 0.501. The zero-order valence-electron chi connectivity index (χ0n) is 12.1. The average molecular weight is 346 g/mol. The summed E-state index contributed by atoms with van der Waals surface area (Å²) in [7, 11) is 1.46. The van der Waals surface area contributed by atoms with E-state index in [2.05, 4.69) is 5.32 Å². The van der Waals surface area contributed by atoms with Gasteiger partial charge in [0.05, 0.1) is 23.1 Å². The number of hydrogen-bond donors (Lipinski definition) is 2. The number of methoxy groups -OCH3 is 1. The maximum Gasteiger partial charge on any atom is 0.306 e. The average Bonchev–Trinajstić information content (AvgIpc) is 2.47. The van der Waals surface area contributed by atoms with Crippen molar-refractivity contribution in [2.45, 2.75) is 25.7 Å². The van der Waals surface area contributed by atoms with Crippen LogP contribution >= 0.6 is 23.2 Å². The number of amides is 1. The molecule has 0 spiro atoms. The van der Waals surface area contributed by atoms with Gasteiger partial charge in [-0.15, -0.1) is 0 Å². The Morgan fingerprint density at radius 1 is 1.14 bits per heavy atom. The number of rotatable bonds is 4. The van der Waals surface area contributed by atoms with Crippen LogP contribution in [0.15, 0.2) is 12.1 Å². The molecule has 0 heterocycles. The van der Waals surface area contributed by atoms with Gasteiger partial charge in [-0.05, 0) is 37.8 Å². The minimum Gasteiger partial charge on any atom is -0.494 e. The fraction of sp³-hybridized carbons (Fsp3) is 0.467. The molecule has 5 nitrogen and oxygen atoms in total. The van der Waals surface area contributed by atoms with E-state index in [1.807, 2.05) is 0 Å². The Labute approximate surface area is 138 Å². The van der Waals surface area contributed by atoms with Crippen molar-refractivity contribution in [1.82, 2.24) is 0 Å². The SMILES string of the molecule is COc1c(Cl)cc(NC(=O)C2CCC(C(=O)O)CC2)cc1Cl. The van der Waals surface area contributed by atoms with Gasteiger partial charge in [0.1, 0.15) is 0 Å². The third kappa shape index (κ3) is 3.84. The van der Waals surface area contributed by atoms with Crippen molar-refractivity contribution in [1.29, 1.82) is 0 Å². The Hall–Kier alpha value is -1.46. The normalized spacial score (nSPS) is 21.2. The predicted octanol–water partition coefficient (Wildman–Crippen LogP) is 3.83. The number of benzene rings is 1. The van der Waals surface area contributed by atoms with Gasteiger partial charge in [-0.1, -0.05) is 23.2 Å². The molecule has 7 heteroatoms. The van der Waals surface area contributed by atoms with Gasteiger partial charge >= 0.3 is 5.97 Å². The highest BCUT2D eigenvalue weighted by Gasteiger charge is 2.29. The van der Waals surface area contributed by atoms with Crippen LogP contribution in [0, 0.1) is 11.8 Å². The third-order valence-electron chi connectivity index (χ3n) is 3.92. The molecule has 1 aromatic carbocycles. The summed E-state index contributed by atoms with van der Waals surface area (Å²) in [5, 5.41) is 12.4. The van der Waals surface area contributed by atoms with Crippen LogP contribution in [0.2, 0.25) is 10.0 Å². The van der Waals surface area contributed by atoms with Crippen LogP contribution < -0.4 is 10.1 Å². The number of hydrogen-bond acceptors (Lipinski definition) is 3. The van der Waals surface area contributed by atoms with Crippen molar-refractivity contribution in [3.8, 4) is 5.75 Å². The molecule has 1 aliphatic rings. The van der Waals surface area contributed by atoms with E-state index in [1.54, 1.807) is 12.1 Å². The summed E-state index contributed by atoms with van der Waals surface area (Å²) >= 11 is 12.1. The quantitative estimate of drug-likeness (QED) is 0.869. The first-order valence-corrected chi connectivity index (χ1v) is 7.74. The zero-order chi connectivity index (χ0) is 16.3. The highest BCUT2D eigenvalue weighted by Crippen LogP contribution is 2.36. The monoisotopic (exact) mass is 345 g/mol. The lowest BCUT2D eigenvalue weighted by Gasteiger charge is -2.25. The lowest BCUT2D eigenvalue weighted by Crippen LogP contribution is -2.29. The first-order valence-electron chi connectivity index (χ1n) is 6.99. The molecule has 1 amide bonds. The van der Waals surface area contributed by atoms with Crippen molar-refractivity contribution in [2.24, 2.45) is 11.8 Å². The molecule has 1 saturated carbocycles. The summed E-state index contributed by atoms with van der Waals surface area (Å²) < 4.78 is 5.05. The number of anilines is 1. The Morgan fingerprint density at radius 3 is 2.09 bits per heavy atom. The topological polar surface area (TPSA) is 75.6 Å². The smallest absolute Gasteiger partial charge is 0.306 e. The molecule has 0 atom stereocenters. The van der Waals surface area contributed by atoms with Crippen molar-refractivity contribution >= 4 is 40.8 Å². The molecule has 2 N–H and O–H groups in total. The van der Waals surface area contributed by atoms with E-state index in [0.29, 0.717) is 47.2 Å². The highest BCUT2D eigenvalue weighted by molar-refractivity contribution is 6.37. The molecule has 0 radical (unpaired) electrons. The van der Waals surface area contributed by atoms with Crippen LogP contribution in [0.3, 0.4) is 0 Å². The van der Waals surface area contributed by atoms with Crippen LogP contribution in [0.5, 0.6) is 5.75 Å². The summed E-state index contributed by atoms with van der Waals surface area (Å²) in [5.74, 6) is -1.08. The van der Waals surface area contributed by atoms with E-state index in [4.69, 9.17) is 33.0 Å². The standard InChI is InChI=1S/C15H17Cl2NO4/c1-22-13-11(16)6-10(7-12(13)17)18-14(19)8-2-4-9(5-3-8)15(20)21/h6-9H,2-5H2,1H3,(H,18,19)(H,20,21). The fourth-order valence-corrected chi connectivity index (χ4v) is 3.32. The van der Waals surface area contributed by atoms with Crippen LogP contribution in [-0.2, 0) is 9.59 Å². The van der Waals surface area contributed by atoms with Gasteiger partial charge in [-0.3, -0.25) is 9.59 Å². The molecule has 0 bridgehead atoms. The molecule has 2 rings (SSSR count). The zero-order valence-corrected chi connectivity index (χ0v) is 13.6. The lowest BCUT2D eigenvalue weighted by molar-refractivity contribution is -0.143. The first-order chi connectivity index (χ1) is 10.4. The van der Waals surface area contributed by atoms with Crippen LogP contribution in [0.25, 0.3) is 0 Å². The van der Waals surface area contributed by atoms with E-state index in [-0.39, 0.29) is 17.7 Å². The Balaban J connectivity index is 2.00. The molecule has 0 unspecified atom stereocenters. The summed E-state index contributed by atoms with van der Waals surface area (Å²) in [4.78, 5) is 23.2. The second kappa shape index (κ2) is 7.20. The molecule has 0 saturated heterocycles. The largest absolute Gasteiger partial charge is 0.494 e. The number of ether oxygens (including phenoxy) is 1. The second-order valence-electron chi connectivity index (χ2n) is 5.35. The number of carboxylic acids is 1. The van der Waals surface area contributed by atoms with E-state index in [0.717, 1.165) is 0 Å². The van der Waals surface area contributed by atoms with Crippen molar-refractivity contribution < 1.29 is 19.4 Å². The summed E-state index contributed by atoms with van der Waals surface area (Å²) in [6.45, 7) is 0. The summed E-state index contributed by atoms with van der Waals surface area (Å²) in [6, 6.07) is 3.15. The predicted molar refractivity (Wildman–Crippen MR) is 84.7 cm³/mol. The third-order valence-corrected chi connectivity index (χ3v) is 4.48. The minimum atomic E-state index is -0.785. The number of carboxylic acid groups (broad SMARTS) is 1. The van der Waals surface area contributed by atoms with E-state index in [1.165, 1.54) is 7.11 Å². The van der Waals surface area contributed by atoms with E-state index >= 15 is 0 Å². The van der Waals surface area contributed by atoms with Crippen molar-refractivity contribution in [3.63, 3.8) is 0 Å². The number of carbonyl (C=O) groups excluding carboxylic acids is 1. The molecular formula is C15H17Cl2NO4. The van der Waals surface area contributed by atoms with Gasteiger partial charge in [-0.2, -0.15) is 0 Å². The maximum absolute atomic E-state index is 12.2. The Morgan fingerprint density at radius 2 is 1.64 bits per heavy atom. The van der Waals surface area contributed by atoms with Gasteiger partial charge in [0, 0.05) is 11.6 Å². The van der Waals surface area contributed by atoms with E-state index < -0.39 is 5.97 Å². The Kier molecular flexibility index (Phi) is 5.53. The highest BCUT2D eigenvalue weighted by atomic mass is 35.5. The molecule has 22 heavy (non-hydrogen) atoms. The molecule has 120 valence electrons. The van der Waals surface area contributed by atoms with Gasteiger partial charge in [-0.25, -0.2) is 0 Å². The first kappa shape index (κ1) is 16.9. The van der Waals surface area contributed by atoms with Gasteiger partial charge in [0.25, 0.3) is 0 Å².